The first kappa shape index (κ1) is 20.8. The number of rotatable bonds is 0. The Kier molecular flexibility index (Phi) is 10.4. The zero-order valence-corrected chi connectivity index (χ0v) is 15.7. The van der Waals surface area contributed by atoms with E-state index in [9.17, 15) is 0 Å². The topological polar surface area (TPSA) is 83.1 Å². The summed E-state index contributed by atoms with van der Waals surface area (Å²) in [7, 11) is 0. The molecule has 0 aliphatic carbocycles. The average molecular weight is 350 g/mol. The van der Waals surface area contributed by atoms with Gasteiger partial charge in [0.15, 0.2) is 0 Å². The summed E-state index contributed by atoms with van der Waals surface area (Å²) in [5.74, 6) is 1.82. The molecule has 0 aliphatic rings. The fourth-order valence-corrected chi connectivity index (χ4v) is 1.59. The zero-order chi connectivity index (χ0) is 19.0. The molecule has 3 heterocycles. The van der Waals surface area contributed by atoms with E-state index in [4.69, 9.17) is 0 Å². The molecule has 0 fully saturated rings. The molecule has 6 heteroatoms. The van der Waals surface area contributed by atoms with E-state index in [0.29, 0.717) is 0 Å². The molecule has 0 saturated heterocycles. The molecule has 0 unspecified atom stereocenters. The molecule has 1 aromatic carbocycles. The summed E-state index contributed by atoms with van der Waals surface area (Å²) in [4.78, 5) is 14.4. The first-order chi connectivity index (χ1) is 12.6. The van der Waals surface area contributed by atoms with Crippen LogP contribution in [0.15, 0.2) is 73.6 Å². The molecule has 0 bridgehead atoms. The van der Waals surface area contributed by atoms with E-state index in [0.717, 1.165) is 11.6 Å². The van der Waals surface area contributed by atoms with Crippen LogP contribution < -0.4 is 0 Å². The van der Waals surface area contributed by atoms with Crippen molar-refractivity contribution in [2.75, 3.05) is 0 Å². The van der Waals surface area contributed by atoms with Crippen LogP contribution in [0, 0.1) is 27.7 Å². The standard InChI is InChI=1S/C7H8.C6H7N.C4H6N2.C3H5N3/c1-7-5-3-2-4-6-7;1-6-3-2-4-7-5-6;1-4-5-2-3-6-4;1-3-4-2-5-6-3/h2-6H,1H3;2-5H,1H3;2-3H,1H3,(H,5,6);2H,1H3,(H,4,5,6). The monoisotopic (exact) mass is 350 g/mol. The zero-order valence-electron chi connectivity index (χ0n) is 15.7. The number of pyridine rings is 1. The minimum atomic E-state index is 0.856. The predicted molar refractivity (Wildman–Crippen MR) is 105 cm³/mol. The molecule has 0 atom stereocenters. The number of nitrogens with zero attached hydrogens (tertiary/aromatic N) is 4. The van der Waals surface area contributed by atoms with E-state index in [1.54, 1.807) is 18.6 Å². The lowest BCUT2D eigenvalue weighted by atomic mass is 10.2. The molecule has 0 saturated carbocycles. The van der Waals surface area contributed by atoms with Crippen molar-refractivity contribution < 1.29 is 0 Å². The van der Waals surface area contributed by atoms with Gasteiger partial charge in [-0.25, -0.2) is 9.97 Å². The van der Waals surface area contributed by atoms with Crippen molar-refractivity contribution >= 4 is 0 Å². The van der Waals surface area contributed by atoms with Gasteiger partial charge in [-0.1, -0.05) is 42.0 Å². The molecule has 4 aromatic rings. The number of hydrogen-bond acceptors (Lipinski definition) is 4. The van der Waals surface area contributed by atoms with Crippen molar-refractivity contribution in [3.8, 4) is 0 Å². The summed E-state index contributed by atoms with van der Waals surface area (Å²) in [6.45, 7) is 7.88. The molecule has 0 aliphatic heterocycles. The third kappa shape index (κ3) is 11.3. The van der Waals surface area contributed by atoms with E-state index in [-0.39, 0.29) is 0 Å². The van der Waals surface area contributed by atoms with Crippen molar-refractivity contribution in [1.29, 1.82) is 0 Å². The lowest BCUT2D eigenvalue weighted by Crippen LogP contribution is -1.69. The Morgan fingerprint density at radius 1 is 0.731 bits per heavy atom. The molecular formula is C20H26N6. The molecular weight excluding hydrogens is 324 g/mol. The Morgan fingerprint density at radius 2 is 1.46 bits per heavy atom. The Labute approximate surface area is 154 Å². The van der Waals surface area contributed by atoms with Gasteiger partial charge in [-0.2, -0.15) is 5.10 Å². The van der Waals surface area contributed by atoms with Crippen LogP contribution in [0.25, 0.3) is 0 Å². The number of H-pyrrole nitrogens is 2. The highest BCUT2D eigenvalue weighted by Gasteiger charge is 1.75. The highest BCUT2D eigenvalue weighted by atomic mass is 15.2. The van der Waals surface area contributed by atoms with E-state index in [1.165, 1.54) is 17.5 Å². The maximum atomic E-state index is 3.88. The highest BCUT2D eigenvalue weighted by Crippen LogP contribution is 1.92. The van der Waals surface area contributed by atoms with E-state index < -0.39 is 0 Å². The Bertz CT molecular complexity index is 696. The predicted octanol–water partition coefficient (Wildman–Crippen LogP) is 4.22. The summed E-state index contributed by atoms with van der Waals surface area (Å²) >= 11 is 0. The molecule has 2 N–H and O–H groups in total. The van der Waals surface area contributed by atoms with Crippen LogP contribution in [-0.2, 0) is 0 Å². The molecule has 4 rings (SSSR count). The first-order valence-electron chi connectivity index (χ1n) is 8.24. The van der Waals surface area contributed by atoms with Gasteiger partial charge in [-0.3, -0.25) is 10.1 Å². The number of hydrogen-bond donors (Lipinski definition) is 2. The Morgan fingerprint density at radius 3 is 1.69 bits per heavy atom. The van der Waals surface area contributed by atoms with Crippen LogP contribution in [-0.4, -0.2) is 30.1 Å². The van der Waals surface area contributed by atoms with Crippen molar-refractivity contribution in [3.63, 3.8) is 0 Å². The quantitative estimate of drug-likeness (QED) is 0.497. The first-order valence-corrected chi connectivity index (χ1v) is 8.24. The molecule has 136 valence electrons. The average Bonchev–Trinajstić information content (AvgIpc) is 3.31. The SMILES string of the molecule is Cc1ccccc1.Cc1cccnc1.Cc1ncc[nH]1.Cc1ncn[nH]1. The lowest BCUT2D eigenvalue weighted by Gasteiger charge is -1.82. The number of aryl methyl sites for hydroxylation is 4. The molecule has 0 radical (unpaired) electrons. The van der Waals surface area contributed by atoms with E-state index >= 15 is 0 Å². The number of nitrogens with one attached hydrogen (secondary N) is 2. The summed E-state index contributed by atoms with van der Waals surface area (Å²) < 4.78 is 0. The van der Waals surface area contributed by atoms with Gasteiger partial charge in [0.1, 0.15) is 18.0 Å². The maximum absolute atomic E-state index is 3.88. The number of aromatic amines is 2. The summed E-state index contributed by atoms with van der Waals surface area (Å²) in [6, 6.07) is 14.2. The second-order valence-electron chi connectivity index (χ2n) is 5.43. The third-order valence-corrected chi connectivity index (χ3v) is 2.92. The number of imidazole rings is 1. The smallest absolute Gasteiger partial charge is 0.137 e. The summed E-state index contributed by atoms with van der Waals surface area (Å²) in [5.41, 5.74) is 2.53. The Balaban J connectivity index is 0.000000174. The molecule has 26 heavy (non-hydrogen) atoms. The Hall–Kier alpha value is -3.28. The van der Waals surface area contributed by atoms with Gasteiger partial charge in [0, 0.05) is 24.8 Å². The maximum Gasteiger partial charge on any atom is 0.137 e. The van der Waals surface area contributed by atoms with Crippen LogP contribution in [0.2, 0.25) is 0 Å². The summed E-state index contributed by atoms with van der Waals surface area (Å²) in [5, 5.41) is 6.22. The van der Waals surface area contributed by atoms with E-state index in [1.807, 2.05) is 57.3 Å². The second-order valence-corrected chi connectivity index (χ2v) is 5.43. The lowest BCUT2D eigenvalue weighted by molar-refractivity contribution is 1.04. The minimum Gasteiger partial charge on any atom is -0.349 e. The van der Waals surface area contributed by atoms with Gasteiger partial charge in [-0.15, -0.1) is 0 Å². The fraction of sp³-hybridized carbons (Fsp3) is 0.200. The van der Waals surface area contributed by atoms with Gasteiger partial charge in [0.2, 0.25) is 0 Å². The second kappa shape index (κ2) is 13.1. The third-order valence-electron chi connectivity index (χ3n) is 2.92. The van der Waals surface area contributed by atoms with Gasteiger partial charge in [0.25, 0.3) is 0 Å². The highest BCUT2D eigenvalue weighted by molar-refractivity contribution is 5.11. The van der Waals surface area contributed by atoms with Crippen LogP contribution >= 0.6 is 0 Å². The molecule has 0 amide bonds. The van der Waals surface area contributed by atoms with Crippen molar-refractivity contribution in [3.05, 3.63) is 96.4 Å². The van der Waals surface area contributed by atoms with Gasteiger partial charge >= 0.3 is 0 Å². The van der Waals surface area contributed by atoms with Crippen LogP contribution in [0.4, 0.5) is 0 Å². The van der Waals surface area contributed by atoms with Crippen molar-refractivity contribution in [2.24, 2.45) is 0 Å². The molecule has 6 nitrogen and oxygen atoms in total. The van der Waals surface area contributed by atoms with Crippen LogP contribution in [0.5, 0.6) is 0 Å². The van der Waals surface area contributed by atoms with Crippen LogP contribution in [0.1, 0.15) is 22.8 Å². The van der Waals surface area contributed by atoms with Gasteiger partial charge in [0.05, 0.1) is 0 Å². The summed E-state index contributed by atoms with van der Waals surface area (Å²) in [6.07, 6.45) is 8.62. The van der Waals surface area contributed by atoms with Gasteiger partial charge < -0.3 is 4.98 Å². The van der Waals surface area contributed by atoms with E-state index in [2.05, 4.69) is 49.2 Å². The fourth-order valence-electron chi connectivity index (χ4n) is 1.59. The van der Waals surface area contributed by atoms with Crippen LogP contribution in [0.3, 0.4) is 0 Å². The molecule has 3 aromatic heterocycles. The number of benzene rings is 1. The van der Waals surface area contributed by atoms with Crippen molar-refractivity contribution in [1.82, 2.24) is 30.1 Å². The van der Waals surface area contributed by atoms with Crippen molar-refractivity contribution in [2.45, 2.75) is 27.7 Å². The molecule has 0 spiro atoms. The largest absolute Gasteiger partial charge is 0.349 e. The normalized spacial score (nSPS) is 8.77. The number of aromatic nitrogens is 6. The van der Waals surface area contributed by atoms with Gasteiger partial charge in [-0.05, 0) is 39.3 Å². The minimum absolute atomic E-state index is 0.856.